The Labute approximate surface area is 213 Å². The van der Waals surface area contributed by atoms with E-state index in [9.17, 15) is 9.59 Å². The zero-order valence-electron chi connectivity index (χ0n) is 20.3. The van der Waals surface area contributed by atoms with Gasteiger partial charge in [0.1, 0.15) is 28.7 Å². The number of hydrogen-bond donors (Lipinski definition) is 2. The third kappa shape index (κ3) is 3.87. The molecule has 0 saturated carbocycles. The van der Waals surface area contributed by atoms with Crippen molar-refractivity contribution in [2.24, 2.45) is 0 Å². The van der Waals surface area contributed by atoms with E-state index in [2.05, 4.69) is 27.1 Å². The van der Waals surface area contributed by atoms with Crippen LogP contribution in [-0.4, -0.2) is 48.2 Å². The fourth-order valence-electron chi connectivity index (χ4n) is 5.71. The van der Waals surface area contributed by atoms with Gasteiger partial charge in [-0.3, -0.25) is 14.0 Å². The molecule has 9 heteroatoms. The Morgan fingerprint density at radius 2 is 1.92 bits per heavy atom. The molecule has 4 aromatic rings. The number of benzene rings is 1. The third-order valence-corrected chi connectivity index (χ3v) is 7.27. The molecule has 2 fully saturated rings. The number of aromatic nitrogens is 4. The highest BCUT2D eigenvalue weighted by molar-refractivity contribution is 6.04. The average molecular weight is 492 g/mol. The van der Waals surface area contributed by atoms with Gasteiger partial charge in [0.05, 0.1) is 0 Å². The first-order valence-electron chi connectivity index (χ1n) is 12.3. The van der Waals surface area contributed by atoms with E-state index in [4.69, 9.17) is 10.7 Å². The summed E-state index contributed by atoms with van der Waals surface area (Å²) in [5.74, 6) is 6.90. The summed E-state index contributed by atoms with van der Waals surface area (Å²) in [5, 5.41) is 2.79. The number of imidazole rings is 1. The van der Waals surface area contributed by atoms with Crippen molar-refractivity contribution in [2.45, 2.75) is 44.2 Å². The largest absolute Gasteiger partial charge is 0.382 e. The number of rotatable bonds is 4. The number of nitrogen functional groups attached to an aromatic ring is 1. The van der Waals surface area contributed by atoms with Gasteiger partial charge in [-0.1, -0.05) is 24.1 Å². The predicted molar refractivity (Wildman–Crippen MR) is 139 cm³/mol. The number of hydrogen-bond acceptors (Lipinski definition) is 6. The Hall–Kier alpha value is -4.71. The van der Waals surface area contributed by atoms with Gasteiger partial charge in [0, 0.05) is 47.7 Å². The first kappa shape index (κ1) is 22.7. The van der Waals surface area contributed by atoms with Gasteiger partial charge in [-0.25, -0.2) is 15.0 Å². The maximum atomic E-state index is 12.7. The lowest BCUT2D eigenvalue weighted by molar-refractivity contribution is -0.126. The lowest BCUT2D eigenvalue weighted by Crippen LogP contribution is -2.35. The van der Waals surface area contributed by atoms with Crippen LogP contribution in [0, 0.1) is 11.8 Å². The molecule has 2 unspecified atom stereocenters. The quantitative estimate of drug-likeness (QED) is 0.422. The molecule has 2 bridgehead atoms. The van der Waals surface area contributed by atoms with Crippen LogP contribution < -0.4 is 11.1 Å². The highest BCUT2D eigenvalue weighted by Gasteiger charge is 2.50. The van der Waals surface area contributed by atoms with Crippen LogP contribution >= 0.6 is 0 Å². The number of pyridine rings is 1. The summed E-state index contributed by atoms with van der Waals surface area (Å²) in [6.07, 6.45) is 7.92. The first-order valence-corrected chi connectivity index (χ1v) is 12.3. The van der Waals surface area contributed by atoms with E-state index < -0.39 is 0 Å². The molecule has 0 spiro atoms. The van der Waals surface area contributed by atoms with Crippen LogP contribution in [0.25, 0.3) is 16.8 Å². The molecule has 184 valence electrons. The molecular formula is C28H25N7O2. The molecule has 2 aliphatic rings. The van der Waals surface area contributed by atoms with Gasteiger partial charge >= 0.3 is 0 Å². The van der Waals surface area contributed by atoms with E-state index in [1.54, 1.807) is 43.6 Å². The zero-order valence-corrected chi connectivity index (χ0v) is 20.3. The van der Waals surface area contributed by atoms with Crippen molar-refractivity contribution in [1.82, 2.24) is 24.3 Å². The third-order valence-electron chi connectivity index (χ3n) is 7.27. The van der Waals surface area contributed by atoms with Gasteiger partial charge in [-0.05, 0) is 56.4 Å². The number of carbonyl (C=O) groups excluding carboxylic acids is 2. The predicted octanol–water partition coefficient (Wildman–Crippen LogP) is 3.50. The molecule has 9 nitrogen and oxygen atoms in total. The van der Waals surface area contributed by atoms with E-state index in [1.165, 1.54) is 0 Å². The second-order valence-electron chi connectivity index (χ2n) is 9.32. The van der Waals surface area contributed by atoms with Crippen molar-refractivity contribution in [3.63, 3.8) is 0 Å². The van der Waals surface area contributed by atoms with Crippen LogP contribution in [0.4, 0.5) is 11.6 Å². The van der Waals surface area contributed by atoms with E-state index in [1.807, 2.05) is 33.7 Å². The maximum Gasteiger partial charge on any atom is 0.298 e. The molecule has 1 aromatic carbocycles. The van der Waals surface area contributed by atoms with Crippen LogP contribution in [-0.2, 0) is 4.79 Å². The minimum absolute atomic E-state index is 0.0591. The molecule has 3 aromatic heterocycles. The number of nitrogens with zero attached hydrogens (tertiary/aromatic N) is 5. The van der Waals surface area contributed by atoms with Gasteiger partial charge in [-0.15, -0.1) is 0 Å². The average Bonchev–Trinajstić information content (AvgIpc) is 3.61. The van der Waals surface area contributed by atoms with Gasteiger partial charge in [0.2, 0.25) is 0 Å². The Morgan fingerprint density at radius 1 is 1.08 bits per heavy atom. The van der Waals surface area contributed by atoms with Crippen LogP contribution in [0.3, 0.4) is 0 Å². The second kappa shape index (κ2) is 9.06. The molecule has 3 atom stereocenters. The molecular weight excluding hydrogens is 466 g/mol. The second-order valence-corrected chi connectivity index (χ2v) is 9.32. The molecule has 0 aliphatic carbocycles. The van der Waals surface area contributed by atoms with Gasteiger partial charge in [-0.2, -0.15) is 0 Å². The standard InChI is InChI=1S/C28H25N7O2/c1-2-5-23(36)35-19-11-12-21(35)20(16-19)27-33-24(25-26(29)31-14-15-34(25)27)17-7-9-18(10-8-17)28(37)32-22-6-3-4-13-30-22/h3-4,6-10,13-15,19-21H,11-12,16H2,1H3,(H2,29,31)(H,30,32,37)/t19?,20-,21?/m0/s1. The van der Waals surface area contributed by atoms with Crippen molar-refractivity contribution >= 4 is 29.0 Å². The Balaban J connectivity index is 1.34. The van der Waals surface area contributed by atoms with Crippen LogP contribution in [0.5, 0.6) is 0 Å². The van der Waals surface area contributed by atoms with Crippen molar-refractivity contribution < 1.29 is 9.59 Å². The van der Waals surface area contributed by atoms with Crippen LogP contribution in [0.2, 0.25) is 0 Å². The van der Waals surface area contributed by atoms with Gasteiger partial charge in [0.25, 0.3) is 11.8 Å². The fourth-order valence-corrected chi connectivity index (χ4v) is 5.71. The summed E-state index contributed by atoms with van der Waals surface area (Å²) < 4.78 is 2.00. The topological polar surface area (TPSA) is 119 Å². The molecule has 2 saturated heterocycles. The number of anilines is 2. The zero-order chi connectivity index (χ0) is 25.5. The molecule has 5 heterocycles. The Kier molecular flexibility index (Phi) is 5.57. The van der Waals surface area contributed by atoms with Gasteiger partial charge in [0.15, 0.2) is 0 Å². The number of nitrogens with one attached hydrogen (secondary N) is 1. The van der Waals surface area contributed by atoms with E-state index in [-0.39, 0.29) is 29.8 Å². The molecule has 2 aliphatic heterocycles. The number of fused-ring (bicyclic) bond motifs is 3. The molecule has 0 radical (unpaired) electrons. The molecule has 37 heavy (non-hydrogen) atoms. The number of carbonyl (C=O) groups is 2. The number of nitrogens with two attached hydrogens (primary N) is 1. The summed E-state index contributed by atoms with van der Waals surface area (Å²) in [4.78, 5) is 40.8. The van der Waals surface area contributed by atoms with Crippen molar-refractivity contribution in [1.29, 1.82) is 0 Å². The molecule has 3 N–H and O–H groups in total. The normalized spacial score (nSPS) is 20.0. The summed E-state index contributed by atoms with van der Waals surface area (Å²) in [5.41, 5.74) is 9.08. The van der Waals surface area contributed by atoms with E-state index in [0.717, 1.165) is 36.2 Å². The fraction of sp³-hybridized carbons (Fsp3) is 0.250. The highest BCUT2D eigenvalue weighted by Crippen LogP contribution is 2.47. The smallest absolute Gasteiger partial charge is 0.298 e. The lowest BCUT2D eigenvalue weighted by Gasteiger charge is -2.22. The van der Waals surface area contributed by atoms with Crippen molar-refractivity contribution in [3.8, 4) is 23.1 Å². The molecule has 2 amide bonds. The van der Waals surface area contributed by atoms with Gasteiger partial charge < -0.3 is 16.0 Å². The number of amides is 2. The van der Waals surface area contributed by atoms with E-state index in [0.29, 0.717) is 22.9 Å². The van der Waals surface area contributed by atoms with Crippen LogP contribution in [0.15, 0.2) is 61.1 Å². The monoisotopic (exact) mass is 491 g/mol. The lowest BCUT2D eigenvalue weighted by atomic mass is 9.88. The maximum absolute atomic E-state index is 12.7. The minimum atomic E-state index is -0.247. The van der Waals surface area contributed by atoms with Crippen molar-refractivity contribution in [2.75, 3.05) is 11.1 Å². The Morgan fingerprint density at radius 3 is 2.68 bits per heavy atom. The first-order chi connectivity index (χ1) is 18.0. The molecule has 6 rings (SSSR count). The summed E-state index contributed by atoms with van der Waals surface area (Å²) >= 11 is 0. The van der Waals surface area contributed by atoms with Crippen molar-refractivity contribution in [3.05, 3.63) is 72.4 Å². The summed E-state index contributed by atoms with van der Waals surface area (Å²) in [6.45, 7) is 1.69. The van der Waals surface area contributed by atoms with Crippen LogP contribution in [0.1, 0.15) is 48.3 Å². The SMILES string of the molecule is CC#CC(=O)N1C2CCC1[C@@H](c1nc(-c3ccc(C(=O)Nc4ccccn4)cc3)c3c(N)nccn13)C2. The van der Waals surface area contributed by atoms with E-state index >= 15 is 0 Å². The summed E-state index contributed by atoms with van der Waals surface area (Å²) in [7, 11) is 0. The minimum Gasteiger partial charge on any atom is -0.382 e. The summed E-state index contributed by atoms with van der Waals surface area (Å²) in [6, 6.07) is 12.8. The highest BCUT2D eigenvalue weighted by atomic mass is 16.2. The Bertz CT molecular complexity index is 1570.